The van der Waals surface area contributed by atoms with E-state index in [1.165, 1.54) is 0 Å². The molecule has 2 aliphatic heterocycles. The number of nitrogens with one attached hydrogen (secondary N) is 1. The van der Waals surface area contributed by atoms with Crippen molar-refractivity contribution in [3.8, 4) is 0 Å². The summed E-state index contributed by atoms with van der Waals surface area (Å²) in [5.41, 5.74) is 2.78. The third-order valence-corrected chi connectivity index (χ3v) is 1.43. The molecule has 0 spiro atoms. The zero-order valence-corrected chi connectivity index (χ0v) is 5.41. The number of fused-ring (bicyclic) bond motifs is 1. The van der Waals surface area contributed by atoms with Crippen LogP contribution >= 0.6 is 0 Å². The summed E-state index contributed by atoms with van der Waals surface area (Å²) in [7, 11) is 0. The lowest BCUT2D eigenvalue weighted by Gasteiger charge is -2.14. The van der Waals surface area contributed by atoms with E-state index in [1.54, 1.807) is 0 Å². The van der Waals surface area contributed by atoms with Crippen LogP contribution in [0.4, 0.5) is 0 Å². The van der Waals surface area contributed by atoms with Crippen LogP contribution in [-0.4, -0.2) is 10.7 Å². The average Bonchev–Trinajstić information content (AvgIpc) is 2.34. The van der Waals surface area contributed by atoms with Gasteiger partial charge in [0.1, 0.15) is 5.82 Å². The van der Waals surface area contributed by atoms with Crippen LogP contribution in [0.2, 0.25) is 0 Å². The van der Waals surface area contributed by atoms with E-state index >= 15 is 0 Å². The highest BCUT2D eigenvalue weighted by atomic mass is 15.5. The number of hydrogen-bond acceptors (Lipinski definition) is 3. The lowest BCUT2D eigenvalue weighted by Crippen LogP contribution is -2.20. The van der Waals surface area contributed by atoms with Gasteiger partial charge in [-0.1, -0.05) is 12.7 Å². The van der Waals surface area contributed by atoms with Crippen molar-refractivity contribution in [3.05, 3.63) is 36.8 Å². The van der Waals surface area contributed by atoms with Crippen molar-refractivity contribution >= 4 is 5.84 Å². The fourth-order valence-electron chi connectivity index (χ4n) is 0.929. The molecule has 2 rings (SSSR count). The lowest BCUT2D eigenvalue weighted by atomic mass is 10.3. The van der Waals surface area contributed by atoms with Crippen molar-refractivity contribution in [1.82, 2.24) is 10.3 Å². The number of amidine groups is 1. The Balaban J connectivity index is 2.39. The first-order chi connectivity index (χ1) is 4.88. The van der Waals surface area contributed by atoms with Gasteiger partial charge in [-0.05, 0) is 12.2 Å². The second-order valence-electron chi connectivity index (χ2n) is 2.10. The molecule has 0 aromatic heterocycles. The molecule has 0 aromatic carbocycles. The fourth-order valence-corrected chi connectivity index (χ4v) is 0.929. The summed E-state index contributed by atoms with van der Waals surface area (Å²) in [6.45, 7) is 3.75. The Morgan fingerprint density at radius 1 is 1.50 bits per heavy atom. The number of allylic oxidation sites excluding steroid dienone is 2. The first kappa shape index (κ1) is 5.29. The molecular formula is C7H7N3. The van der Waals surface area contributed by atoms with Crippen molar-refractivity contribution < 1.29 is 0 Å². The lowest BCUT2D eigenvalue weighted by molar-refractivity contribution is 0.672. The Hall–Kier alpha value is -1.51. The monoisotopic (exact) mass is 133 g/mol. The van der Waals surface area contributed by atoms with Crippen molar-refractivity contribution in [2.45, 2.75) is 0 Å². The van der Waals surface area contributed by atoms with Gasteiger partial charge in [0, 0.05) is 6.20 Å². The maximum atomic E-state index is 3.99. The molecule has 0 aliphatic carbocycles. The predicted molar refractivity (Wildman–Crippen MR) is 39.8 cm³/mol. The zero-order chi connectivity index (χ0) is 6.97. The van der Waals surface area contributed by atoms with Crippen molar-refractivity contribution in [2.75, 3.05) is 0 Å². The summed E-state index contributed by atoms with van der Waals surface area (Å²) in [5, 5.41) is 3.99. The molecular weight excluding hydrogens is 126 g/mol. The first-order valence-corrected chi connectivity index (χ1v) is 3.04. The number of hydrazone groups is 1. The Labute approximate surface area is 59.0 Å². The van der Waals surface area contributed by atoms with Crippen LogP contribution in [-0.2, 0) is 0 Å². The van der Waals surface area contributed by atoms with Gasteiger partial charge in [0.15, 0.2) is 5.84 Å². The van der Waals surface area contributed by atoms with Crippen LogP contribution in [0.25, 0.3) is 0 Å². The topological polar surface area (TPSA) is 27.6 Å². The molecule has 3 nitrogen and oxygen atoms in total. The maximum Gasteiger partial charge on any atom is 0.158 e. The van der Waals surface area contributed by atoms with Gasteiger partial charge >= 0.3 is 0 Å². The van der Waals surface area contributed by atoms with E-state index in [-0.39, 0.29) is 0 Å². The normalized spacial score (nSPS) is 20.6. The van der Waals surface area contributed by atoms with E-state index in [0.717, 1.165) is 11.7 Å². The summed E-state index contributed by atoms with van der Waals surface area (Å²) < 4.78 is 0. The van der Waals surface area contributed by atoms with Crippen molar-refractivity contribution in [1.29, 1.82) is 0 Å². The highest BCUT2D eigenvalue weighted by Gasteiger charge is 2.16. The van der Waals surface area contributed by atoms with Gasteiger partial charge in [0.05, 0.1) is 0 Å². The van der Waals surface area contributed by atoms with E-state index in [1.807, 2.05) is 29.3 Å². The fraction of sp³-hybridized carbons (Fsp3) is 0. The summed E-state index contributed by atoms with van der Waals surface area (Å²) in [6, 6.07) is 0. The van der Waals surface area contributed by atoms with Crippen LogP contribution in [0, 0.1) is 0 Å². The molecule has 0 unspecified atom stereocenters. The average molecular weight is 133 g/mol. The van der Waals surface area contributed by atoms with Crippen LogP contribution in [0.1, 0.15) is 0 Å². The van der Waals surface area contributed by atoms with Gasteiger partial charge in [-0.25, -0.2) is 0 Å². The molecule has 0 saturated heterocycles. The van der Waals surface area contributed by atoms with Crippen LogP contribution in [0.15, 0.2) is 41.9 Å². The zero-order valence-electron chi connectivity index (χ0n) is 5.41. The van der Waals surface area contributed by atoms with Crippen LogP contribution < -0.4 is 5.43 Å². The summed E-state index contributed by atoms with van der Waals surface area (Å²) >= 11 is 0. The maximum absolute atomic E-state index is 3.99. The standard InChI is InChI=1S/C7H7N3/c1-6-8-9-7-4-2-3-5-10(6)7/h2-5,8H,1H2. The summed E-state index contributed by atoms with van der Waals surface area (Å²) in [5.74, 6) is 1.70. The SMILES string of the molecule is C=C1NN=C2C=CC=CN12. The van der Waals surface area contributed by atoms with Crippen molar-refractivity contribution in [2.24, 2.45) is 5.10 Å². The summed E-state index contributed by atoms with van der Waals surface area (Å²) in [6.07, 6.45) is 7.72. The van der Waals surface area contributed by atoms with E-state index in [9.17, 15) is 0 Å². The molecule has 2 aliphatic rings. The van der Waals surface area contributed by atoms with Gasteiger partial charge in [-0.2, -0.15) is 5.10 Å². The first-order valence-electron chi connectivity index (χ1n) is 3.04. The largest absolute Gasteiger partial charge is 0.285 e. The number of nitrogens with zero attached hydrogens (tertiary/aromatic N) is 2. The number of rotatable bonds is 0. The smallest absolute Gasteiger partial charge is 0.158 e. The Morgan fingerprint density at radius 3 is 3.20 bits per heavy atom. The third-order valence-electron chi connectivity index (χ3n) is 1.43. The van der Waals surface area contributed by atoms with E-state index in [2.05, 4.69) is 17.1 Å². The van der Waals surface area contributed by atoms with Gasteiger partial charge in [0.25, 0.3) is 0 Å². The van der Waals surface area contributed by atoms with E-state index in [4.69, 9.17) is 0 Å². The second-order valence-corrected chi connectivity index (χ2v) is 2.10. The Kier molecular flexibility index (Phi) is 0.917. The molecule has 0 fully saturated rings. The van der Waals surface area contributed by atoms with E-state index < -0.39 is 0 Å². The molecule has 0 atom stereocenters. The summed E-state index contributed by atoms with van der Waals surface area (Å²) in [4.78, 5) is 1.89. The molecule has 0 aromatic rings. The predicted octanol–water partition coefficient (Wildman–Crippen LogP) is 0.760. The molecule has 50 valence electrons. The van der Waals surface area contributed by atoms with Gasteiger partial charge in [-0.15, -0.1) is 0 Å². The minimum absolute atomic E-state index is 0.801. The third kappa shape index (κ3) is 0.572. The van der Waals surface area contributed by atoms with Crippen LogP contribution in [0.3, 0.4) is 0 Å². The molecule has 2 heterocycles. The molecule has 1 N–H and O–H groups in total. The quantitative estimate of drug-likeness (QED) is 0.528. The Morgan fingerprint density at radius 2 is 2.40 bits per heavy atom. The van der Waals surface area contributed by atoms with Crippen LogP contribution in [0.5, 0.6) is 0 Å². The Bertz CT molecular complexity index is 260. The second kappa shape index (κ2) is 1.73. The minimum atomic E-state index is 0.801. The van der Waals surface area contributed by atoms with Gasteiger partial charge in [0.2, 0.25) is 0 Å². The van der Waals surface area contributed by atoms with E-state index in [0.29, 0.717) is 0 Å². The number of hydrogen-bond donors (Lipinski definition) is 1. The molecule has 3 heteroatoms. The van der Waals surface area contributed by atoms with Crippen molar-refractivity contribution in [3.63, 3.8) is 0 Å². The minimum Gasteiger partial charge on any atom is -0.285 e. The molecule has 10 heavy (non-hydrogen) atoms. The molecule has 0 amide bonds. The molecule has 0 saturated carbocycles. The highest BCUT2D eigenvalue weighted by molar-refractivity contribution is 5.97. The highest BCUT2D eigenvalue weighted by Crippen LogP contribution is 2.12. The molecule has 0 bridgehead atoms. The molecule has 0 radical (unpaired) electrons. The van der Waals surface area contributed by atoms with Gasteiger partial charge in [-0.3, -0.25) is 10.3 Å². The van der Waals surface area contributed by atoms with Gasteiger partial charge < -0.3 is 0 Å².